The molecule has 0 spiro atoms. The molecular weight excluding hydrogens is 180 g/mol. The van der Waals surface area contributed by atoms with E-state index in [0.29, 0.717) is 11.6 Å². The Balaban J connectivity index is 2.50. The van der Waals surface area contributed by atoms with Crippen molar-refractivity contribution in [3.8, 4) is 11.4 Å². The Morgan fingerprint density at radius 3 is 2.93 bits per heavy atom. The number of ether oxygens (including phenoxy) is 1. The third kappa shape index (κ3) is 1.39. The van der Waals surface area contributed by atoms with Crippen molar-refractivity contribution in [1.29, 1.82) is 0 Å². The third-order valence-electron chi connectivity index (χ3n) is 1.84. The summed E-state index contributed by atoms with van der Waals surface area (Å²) >= 11 is 0. The molecule has 0 aliphatic rings. The molecule has 0 unspecified atom stereocenters. The molecular formula is C9H10N4O. The zero-order valence-electron chi connectivity index (χ0n) is 7.71. The molecule has 14 heavy (non-hydrogen) atoms. The average Bonchev–Trinajstić information content (AvgIpc) is 2.65. The van der Waals surface area contributed by atoms with E-state index >= 15 is 0 Å². The van der Waals surface area contributed by atoms with Gasteiger partial charge in [0.25, 0.3) is 0 Å². The second kappa shape index (κ2) is 3.37. The van der Waals surface area contributed by atoms with Crippen molar-refractivity contribution in [3.63, 3.8) is 0 Å². The molecule has 0 saturated carbocycles. The number of aromatic nitrogens is 3. The van der Waals surface area contributed by atoms with E-state index in [-0.39, 0.29) is 0 Å². The molecule has 0 aliphatic carbocycles. The van der Waals surface area contributed by atoms with Gasteiger partial charge in [-0.2, -0.15) is 5.10 Å². The van der Waals surface area contributed by atoms with Crippen molar-refractivity contribution >= 4 is 5.82 Å². The van der Waals surface area contributed by atoms with Gasteiger partial charge < -0.3 is 10.5 Å². The highest BCUT2D eigenvalue weighted by molar-refractivity contribution is 5.44. The van der Waals surface area contributed by atoms with Crippen molar-refractivity contribution in [2.45, 2.75) is 0 Å². The van der Waals surface area contributed by atoms with Crippen LogP contribution in [0.1, 0.15) is 0 Å². The van der Waals surface area contributed by atoms with Crippen LogP contribution >= 0.6 is 0 Å². The lowest BCUT2D eigenvalue weighted by atomic mass is 10.4. The lowest BCUT2D eigenvalue weighted by Gasteiger charge is -2.06. The van der Waals surface area contributed by atoms with E-state index in [1.54, 1.807) is 36.4 Å². The number of nitrogen functional groups attached to an aromatic ring is 1. The van der Waals surface area contributed by atoms with Crippen LogP contribution in [0, 0.1) is 0 Å². The molecule has 2 aromatic heterocycles. The molecule has 0 aliphatic heterocycles. The fourth-order valence-electron chi connectivity index (χ4n) is 1.19. The summed E-state index contributed by atoms with van der Waals surface area (Å²) in [7, 11) is 1.59. The summed E-state index contributed by atoms with van der Waals surface area (Å²) in [5.41, 5.74) is 6.34. The standard InChI is InChI=1S/C9H10N4O/c1-14-8-6-11-4-2-7(8)13-5-3-9(10)12-13/h2-6H,1H3,(H2,10,12). The summed E-state index contributed by atoms with van der Waals surface area (Å²) < 4.78 is 6.79. The maximum absolute atomic E-state index is 5.52. The number of anilines is 1. The van der Waals surface area contributed by atoms with Crippen LogP contribution in [0.15, 0.2) is 30.7 Å². The molecule has 0 radical (unpaired) electrons. The molecule has 0 atom stereocenters. The largest absolute Gasteiger partial charge is 0.493 e. The normalized spacial score (nSPS) is 10.1. The van der Waals surface area contributed by atoms with E-state index in [1.807, 2.05) is 6.07 Å². The Morgan fingerprint density at radius 2 is 2.29 bits per heavy atom. The number of methoxy groups -OCH3 is 1. The Labute approximate surface area is 81.1 Å². The average molecular weight is 190 g/mol. The quantitative estimate of drug-likeness (QED) is 0.762. The zero-order chi connectivity index (χ0) is 9.97. The minimum absolute atomic E-state index is 0.476. The molecule has 2 aromatic rings. The van der Waals surface area contributed by atoms with Crippen molar-refractivity contribution in [1.82, 2.24) is 14.8 Å². The number of hydrogen-bond donors (Lipinski definition) is 1. The second-order valence-corrected chi connectivity index (χ2v) is 2.73. The summed E-state index contributed by atoms with van der Waals surface area (Å²) in [6.45, 7) is 0. The Kier molecular flexibility index (Phi) is 2.06. The monoisotopic (exact) mass is 190 g/mol. The fraction of sp³-hybridized carbons (Fsp3) is 0.111. The van der Waals surface area contributed by atoms with Gasteiger partial charge in [0.2, 0.25) is 0 Å². The van der Waals surface area contributed by atoms with Crippen molar-refractivity contribution in [2.24, 2.45) is 0 Å². The summed E-state index contributed by atoms with van der Waals surface area (Å²) in [5.74, 6) is 1.14. The van der Waals surface area contributed by atoms with Gasteiger partial charge in [-0.1, -0.05) is 0 Å². The molecule has 0 amide bonds. The lowest BCUT2D eigenvalue weighted by molar-refractivity contribution is 0.410. The Bertz CT molecular complexity index is 438. The number of nitrogens with two attached hydrogens (primary N) is 1. The first kappa shape index (κ1) is 8.55. The van der Waals surface area contributed by atoms with Crippen LogP contribution in [0.5, 0.6) is 5.75 Å². The van der Waals surface area contributed by atoms with Gasteiger partial charge in [0.15, 0.2) is 5.75 Å². The van der Waals surface area contributed by atoms with Gasteiger partial charge in [0.05, 0.1) is 13.3 Å². The molecule has 2 heterocycles. The van der Waals surface area contributed by atoms with Gasteiger partial charge in [-0.3, -0.25) is 4.98 Å². The minimum atomic E-state index is 0.476. The van der Waals surface area contributed by atoms with Crippen LogP contribution in [0.3, 0.4) is 0 Å². The van der Waals surface area contributed by atoms with Crippen molar-refractivity contribution < 1.29 is 4.74 Å². The van der Waals surface area contributed by atoms with Crippen molar-refractivity contribution in [2.75, 3.05) is 12.8 Å². The number of pyridine rings is 1. The first-order chi connectivity index (χ1) is 6.81. The molecule has 72 valence electrons. The zero-order valence-corrected chi connectivity index (χ0v) is 7.71. The topological polar surface area (TPSA) is 66.0 Å². The highest BCUT2D eigenvalue weighted by atomic mass is 16.5. The van der Waals surface area contributed by atoms with Crippen LogP contribution < -0.4 is 10.5 Å². The summed E-state index contributed by atoms with van der Waals surface area (Å²) in [5, 5.41) is 4.08. The van der Waals surface area contributed by atoms with Gasteiger partial charge in [0.1, 0.15) is 11.5 Å². The molecule has 5 heteroatoms. The molecule has 0 fully saturated rings. The summed E-state index contributed by atoms with van der Waals surface area (Å²) in [6, 6.07) is 3.53. The Hall–Kier alpha value is -2.04. The maximum atomic E-state index is 5.52. The van der Waals surface area contributed by atoms with Gasteiger partial charge in [-0.05, 0) is 6.07 Å². The van der Waals surface area contributed by atoms with Gasteiger partial charge in [0, 0.05) is 18.5 Å². The van der Waals surface area contributed by atoms with Crippen molar-refractivity contribution in [3.05, 3.63) is 30.7 Å². The first-order valence-corrected chi connectivity index (χ1v) is 4.11. The summed E-state index contributed by atoms with van der Waals surface area (Å²) in [4.78, 5) is 3.95. The number of nitrogens with zero attached hydrogens (tertiary/aromatic N) is 3. The van der Waals surface area contributed by atoms with E-state index in [2.05, 4.69) is 10.1 Å². The van der Waals surface area contributed by atoms with Crippen LogP contribution in [-0.2, 0) is 0 Å². The molecule has 2 N–H and O–H groups in total. The van der Waals surface area contributed by atoms with Gasteiger partial charge >= 0.3 is 0 Å². The van der Waals surface area contributed by atoms with E-state index < -0.39 is 0 Å². The molecule has 0 saturated heterocycles. The van der Waals surface area contributed by atoms with Gasteiger partial charge in [-0.15, -0.1) is 0 Å². The predicted octanol–water partition coefficient (Wildman–Crippen LogP) is 0.858. The predicted molar refractivity (Wildman–Crippen MR) is 52.3 cm³/mol. The van der Waals surface area contributed by atoms with Crippen LogP contribution in [0.2, 0.25) is 0 Å². The Morgan fingerprint density at radius 1 is 1.43 bits per heavy atom. The highest BCUT2D eigenvalue weighted by Gasteiger charge is 2.04. The molecule has 0 aromatic carbocycles. The lowest BCUT2D eigenvalue weighted by Crippen LogP contribution is -1.99. The van der Waals surface area contributed by atoms with Crippen LogP contribution in [0.4, 0.5) is 5.82 Å². The van der Waals surface area contributed by atoms with E-state index in [4.69, 9.17) is 10.5 Å². The smallest absolute Gasteiger partial charge is 0.162 e. The van der Waals surface area contributed by atoms with Crippen LogP contribution in [-0.4, -0.2) is 21.9 Å². The first-order valence-electron chi connectivity index (χ1n) is 4.11. The maximum Gasteiger partial charge on any atom is 0.162 e. The molecule has 0 bridgehead atoms. The van der Waals surface area contributed by atoms with E-state index in [0.717, 1.165) is 5.69 Å². The molecule has 2 rings (SSSR count). The summed E-state index contributed by atoms with van der Waals surface area (Å²) in [6.07, 6.45) is 5.08. The second-order valence-electron chi connectivity index (χ2n) is 2.73. The van der Waals surface area contributed by atoms with E-state index in [9.17, 15) is 0 Å². The van der Waals surface area contributed by atoms with Gasteiger partial charge in [-0.25, -0.2) is 4.68 Å². The fourth-order valence-corrected chi connectivity index (χ4v) is 1.19. The van der Waals surface area contributed by atoms with E-state index in [1.165, 1.54) is 0 Å². The van der Waals surface area contributed by atoms with Crippen LogP contribution in [0.25, 0.3) is 5.69 Å². The third-order valence-corrected chi connectivity index (χ3v) is 1.84. The molecule has 5 nitrogen and oxygen atoms in total. The minimum Gasteiger partial charge on any atom is -0.493 e. The number of hydrogen-bond acceptors (Lipinski definition) is 4. The highest BCUT2D eigenvalue weighted by Crippen LogP contribution is 2.20. The number of rotatable bonds is 2. The SMILES string of the molecule is COc1cnccc1-n1ccc(N)n1.